The average Bonchev–Trinajstić information content (AvgIpc) is 1.57. The molecule has 0 bridgehead atoms. The Hall–Kier alpha value is -16.6. The van der Waals surface area contributed by atoms with Gasteiger partial charge in [0.05, 0.1) is 0 Å². The Labute approximate surface area is 783 Å². The standard InChI is InChI=1S/C48H32.C44H30.C42H28/c1-3-13-31(14-4-1)34-26-35(32-15-5-2-6-16-32)28-36(27-34)39-23-24-44(41-20-10-9-19-40(39)41)48-43-22-12-11-21-42(43)46-30-45-37(29-47(46)48)25-33-17-7-8-18-38(33)45;1-3-11-29(12-4-1)31-19-21-32(22-20-31)35-24-34(30-13-5-2-6-14-30)25-37(26-35)44-40-18-10-9-17-39(40)42-28-41-36(27-43(42)44)23-33-15-7-8-16-38(33)41;1-2-10-27(11-3-1)32-22-33(30-19-18-28-12-4-5-13-29(28)20-30)24-35(23-32)42-38-17-9-8-16-37(38)40-26-39-34(25-41(40)42)21-31-14-6-7-15-36(31)39/h1-24,26-30,48H,25H2;1-22,24-28,44H,23H2;1-20,22-26,42H,21H2. The van der Waals surface area contributed by atoms with Crippen molar-refractivity contribution in [2.45, 2.75) is 37.0 Å². The molecule has 6 aliphatic carbocycles. The zero-order chi connectivity index (χ0) is 88.3. The number of rotatable bonds is 11. The lowest BCUT2D eigenvalue weighted by Crippen LogP contribution is -2.02. The van der Waals surface area contributed by atoms with Gasteiger partial charge in [-0.1, -0.05) is 437 Å². The van der Waals surface area contributed by atoms with Crippen LogP contribution < -0.4 is 0 Å². The molecular formula is C134H90. The fourth-order valence-corrected chi connectivity index (χ4v) is 23.2. The maximum absolute atomic E-state index is 2.52. The molecule has 22 aromatic carbocycles. The minimum absolute atomic E-state index is 0.180. The third kappa shape index (κ3) is 13.7. The van der Waals surface area contributed by atoms with Crippen LogP contribution in [-0.4, -0.2) is 0 Å². The Morgan fingerprint density at radius 2 is 0.410 bits per heavy atom. The monoisotopic (exact) mass is 1700 g/mol. The van der Waals surface area contributed by atoms with Crippen molar-refractivity contribution in [3.05, 3.63) is 575 Å². The second-order valence-corrected chi connectivity index (χ2v) is 37.1. The number of fused-ring (bicyclic) bond motifs is 20. The molecule has 22 aromatic rings. The van der Waals surface area contributed by atoms with Gasteiger partial charge in [-0.05, 0) is 335 Å². The summed E-state index contributed by atoms with van der Waals surface area (Å²) in [5.74, 6) is 0.550. The maximum Gasteiger partial charge on any atom is 0.0358 e. The molecular weight excluding hydrogens is 1610 g/mol. The molecule has 0 fully saturated rings. The molecule has 134 heavy (non-hydrogen) atoms. The third-order valence-electron chi connectivity index (χ3n) is 29.4. The highest BCUT2D eigenvalue weighted by Gasteiger charge is 2.38. The first-order valence-electron chi connectivity index (χ1n) is 47.3. The Bertz CT molecular complexity index is 8370. The van der Waals surface area contributed by atoms with E-state index in [4.69, 9.17) is 0 Å². The maximum atomic E-state index is 2.52. The summed E-state index contributed by atoms with van der Waals surface area (Å²) in [7, 11) is 0. The summed E-state index contributed by atoms with van der Waals surface area (Å²) < 4.78 is 0. The predicted molar refractivity (Wildman–Crippen MR) is 561 cm³/mol. The second-order valence-electron chi connectivity index (χ2n) is 37.1. The van der Waals surface area contributed by atoms with Crippen molar-refractivity contribution < 1.29 is 0 Å². The van der Waals surface area contributed by atoms with Crippen molar-refractivity contribution in [2.75, 3.05) is 0 Å². The van der Waals surface area contributed by atoms with E-state index in [1.54, 1.807) is 0 Å². The SMILES string of the molecule is c1ccc(-c2cc(-c3ccc4ccccc4c3)cc(C3c4ccccc4-c4cc5c(cc43)Cc3ccccc3-5)c2)cc1.c1ccc(-c2cc(-c3ccccc3)cc(-c3ccc(C4c5ccccc5-c5cc6c(cc54)Cc4ccccc4-6)c4ccccc34)c2)cc1.c1ccc(-c2ccc(-c3cc(-c4ccccc4)cc(C4c5ccccc5-c5cc6c(cc54)Cc4ccccc4-6)c3)cc2)cc1. The van der Waals surface area contributed by atoms with Crippen LogP contribution in [0.1, 0.15) is 101 Å². The van der Waals surface area contributed by atoms with Crippen molar-refractivity contribution in [1.82, 2.24) is 0 Å². The van der Waals surface area contributed by atoms with Crippen molar-refractivity contribution in [3.8, 4) is 156 Å². The van der Waals surface area contributed by atoms with Gasteiger partial charge in [0.25, 0.3) is 0 Å². The van der Waals surface area contributed by atoms with Gasteiger partial charge < -0.3 is 0 Å². The van der Waals surface area contributed by atoms with E-state index in [-0.39, 0.29) is 17.8 Å². The van der Waals surface area contributed by atoms with Gasteiger partial charge in [0.2, 0.25) is 0 Å². The lowest BCUT2D eigenvalue weighted by Gasteiger charge is -2.20. The van der Waals surface area contributed by atoms with E-state index in [0.717, 1.165) is 19.3 Å². The molecule has 0 nitrogen and oxygen atoms in total. The van der Waals surface area contributed by atoms with Crippen molar-refractivity contribution in [1.29, 1.82) is 0 Å². The predicted octanol–water partition coefficient (Wildman–Crippen LogP) is 34.9. The van der Waals surface area contributed by atoms with E-state index in [1.807, 2.05) is 0 Å². The molecule has 626 valence electrons. The summed E-state index contributed by atoms with van der Waals surface area (Å²) in [5, 5.41) is 5.15. The Kier molecular flexibility index (Phi) is 19.2. The van der Waals surface area contributed by atoms with Gasteiger partial charge in [-0.2, -0.15) is 0 Å². The summed E-state index contributed by atoms with van der Waals surface area (Å²) in [6.45, 7) is 0. The highest BCUT2D eigenvalue weighted by molar-refractivity contribution is 6.03. The van der Waals surface area contributed by atoms with E-state index in [2.05, 4.69) is 491 Å². The summed E-state index contributed by atoms with van der Waals surface area (Å²) in [4.78, 5) is 0. The van der Waals surface area contributed by atoms with Crippen molar-refractivity contribution in [3.63, 3.8) is 0 Å². The first-order valence-corrected chi connectivity index (χ1v) is 47.3. The van der Waals surface area contributed by atoms with E-state index in [9.17, 15) is 0 Å². The van der Waals surface area contributed by atoms with Crippen molar-refractivity contribution in [2.24, 2.45) is 0 Å². The molecule has 3 unspecified atom stereocenters. The minimum atomic E-state index is 0.180. The quantitative estimate of drug-likeness (QED) is 0.121. The molecule has 0 N–H and O–H groups in total. The van der Waals surface area contributed by atoms with E-state index < -0.39 is 0 Å². The third-order valence-corrected chi connectivity index (χ3v) is 29.4. The molecule has 3 atom stereocenters. The van der Waals surface area contributed by atoms with Gasteiger partial charge in [0, 0.05) is 17.8 Å². The molecule has 0 heterocycles. The molecule has 0 spiro atoms. The van der Waals surface area contributed by atoms with Crippen LogP contribution in [0.15, 0.2) is 491 Å². The van der Waals surface area contributed by atoms with E-state index in [0.29, 0.717) is 0 Å². The zero-order valence-corrected chi connectivity index (χ0v) is 74.1. The lowest BCUT2D eigenvalue weighted by atomic mass is 9.83. The normalized spacial score (nSPS) is 14.1. The molecule has 0 saturated heterocycles. The molecule has 0 aromatic heterocycles. The number of hydrogen-bond acceptors (Lipinski definition) is 0. The molecule has 0 aliphatic heterocycles. The highest BCUT2D eigenvalue weighted by atomic mass is 14.4. The summed E-state index contributed by atoms with van der Waals surface area (Å²) in [6.07, 6.45) is 3.02. The topological polar surface area (TPSA) is 0 Å². The van der Waals surface area contributed by atoms with Crippen LogP contribution in [0.25, 0.3) is 177 Å². The van der Waals surface area contributed by atoms with Crippen LogP contribution in [0, 0.1) is 0 Å². The highest BCUT2D eigenvalue weighted by Crippen LogP contribution is 2.58. The molecule has 0 amide bonds. The molecule has 0 heteroatoms. The molecule has 28 rings (SSSR count). The number of benzene rings is 22. The Balaban J connectivity index is 0.000000105. The summed E-state index contributed by atoms with van der Waals surface area (Å²) in [5.41, 5.74) is 57.7. The van der Waals surface area contributed by atoms with Gasteiger partial charge in [-0.3, -0.25) is 0 Å². The van der Waals surface area contributed by atoms with Gasteiger partial charge in [-0.15, -0.1) is 0 Å². The van der Waals surface area contributed by atoms with Crippen LogP contribution in [0.5, 0.6) is 0 Å². The largest absolute Gasteiger partial charge is 0.0622 e. The van der Waals surface area contributed by atoms with Crippen LogP contribution >= 0.6 is 0 Å². The van der Waals surface area contributed by atoms with Crippen LogP contribution in [-0.2, 0) is 19.3 Å². The Morgan fingerprint density at radius 3 is 0.828 bits per heavy atom. The summed E-state index contributed by atoms with van der Waals surface area (Å²) in [6, 6.07) is 182. The van der Waals surface area contributed by atoms with Gasteiger partial charge in [-0.25, -0.2) is 0 Å². The molecule has 0 radical (unpaired) electrons. The van der Waals surface area contributed by atoms with Gasteiger partial charge in [0.15, 0.2) is 0 Å². The Morgan fingerprint density at radius 1 is 0.119 bits per heavy atom. The van der Waals surface area contributed by atoms with Crippen LogP contribution in [0.4, 0.5) is 0 Å². The minimum Gasteiger partial charge on any atom is -0.0622 e. The first-order chi connectivity index (χ1) is 66.4. The summed E-state index contributed by atoms with van der Waals surface area (Å²) >= 11 is 0. The van der Waals surface area contributed by atoms with E-state index in [1.165, 1.54) is 261 Å². The fourth-order valence-electron chi connectivity index (χ4n) is 23.2. The number of hydrogen-bond donors (Lipinski definition) is 0. The molecule has 6 aliphatic rings. The van der Waals surface area contributed by atoms with Gasteiger partial charge in [0.1, 0.15) is 0 Å². The molecule has 0 saturated carbocycles. The first kappa shape index (κ1) is 78.4. The fraction of sp³-hybridized carbons (Fsp3) is 0.0448. The smallest absolute Gasteiger partial charge is 0.0358 e. The zero-order valence-electron chi connectivity index (χ0n) is 74.1. The van der Waals surface area contributed by atoms with Crippen LogP contribution in [0.2, 0.25) is 0 Å². The average molecular weight is 1700 g/mol. The van der Waals surface area contributed by atoms with E-state index >= 15 is 0 Å². The van der Waals surface area contributed by atoms with Crippen LogP contribution in [0.3, 0.4) is 0 Å². The van der Waals surface area contributed by atoms with Gasteiger partial charge >= 0.3 is 0 Å². The van der Waals surface area contributed by atoms with Crippen molar-refractivity contribution >= 4 is 21.5 Å². The lowest BCUT2D eigenvalue weighted by molar-refractivity contribution is 1.01. The second kappa shape index (κ2) is 32.8.